The van der Waals surface area contributed by atoms with Gasteiger partial charge in [0.25, 0.3) is 0 Å². The molecule has 2 heterocycles. The molecule has 43 heavy (non-hydrogen) atoms. The Kier molecular flexibility index (Phi) is 9.26. The molecule has 0 amide bonds. The Balaban J connectivity index is 0.000000168. The number of benzene rings is 5. The van der Waals surface area contributed by atoms with Gasteiger partial charge in [0.05, 0.1) is 0 Å². The molecule has 0 N–H and O–H groups in total. The van der Waals surface area contributed by atoms with Crippen molar-refractivity contribution in [2.45, 2.75) is 26.2 Å². The first-order valence-electron chi connectivity index (χ1n) is 14.2. The van der Waals surface area contributed by atoms with E-state index in [0.717, 1.165) is 22.4 Å². The summed E-state index contributed by atoms with van der Waals surface area (Å²) in [6.45, 7) is 6.58. The third-order valence-corrected chi connectivity index (χ3v) is 7.37. The van der Waals surface area contributed by atoms with Gasteiger partial charge in [-0.3, -0.25) is 0 Å². The van der Waals surface area contributed by atoms with E-state index >= 15 is 0 Å². The van der Waals surface area contributed by atoms with Crippen molar-refractivity contribution in [1.82, 2.24) is 9.97 Å². The molecule has 0 radical (unpaired) electrons. The molecule has 0 spiro atoms. The van der Waals surface area contributed by atoms with Gasteiger partial charge < -0.3 is 9.97 Å². The van der Waals surface area contributed by atoms with Gasteiger partial charge >= 0.3 is 20.1 Å². The first kappa shape index (κ1) is 30.0. The summed E-state index contributed by atoms with van der Waals surface area (Å²) in [5.74, 6) is 0. The van der Waals surface area contributed by atoms with Crippen molar-refractivity contribution in [2.24, 2.45) is 0 Å². The van der Waals surface area contributed by atoms with Gasteiger partial charge in [-0.15, -0.1) is 46.3 Å². The van der Waals surface area contributed by atoms with Gasteiger partial charge in [-0.25, -0.2) is 11.1 Å². The predicted molar refractivity (Wildman–Crippen MR) is 175 cm³/mol. The fourth-order valence-corrected chi connectivity index (χ4v) is 4.99. The molecule has 7 rings (SSSR count). The Hall–Kier alpha value is -4.43. The van der Waals surface area contributed by atoms with Crippen molar-refractivity contribution in [3.05, 3.63) is 158 Å². The van der Waals surface area contributed by atoms with E-state index in [9.17, 15) is 0 Å². The molecule has 0 aliphatic rings. The zero-order valence-electron chi connectivity index (χ0n) is 24.4. The maximum atomic E-state index is 4.39. The summed E-state index contributed by atoms with van der Waals surface area (Å²) in [4.78, 5) is 8.67. The average Bonchev–Trinajstić information content (AvgIpc) is 3.05. The summed E-state index contributed by atoms with van der Waals surface area (Å²) in [7, 11) is 0. The first-order chi connectivity index (χ1) is 20.5. The minimum Gasteiger partial charge on any atom is -0.370 e. The molecule has 0 bridgehead atoms. The maximum Gasteiger partial charge on any atom is 3.00 e. The van der Waals surface area contributed by atoms with E-state index in [1.165, 1.54) is 38.2 Å². The van der Waals surface area contributed by atoms with Gasteiger partial charge in [-0.2, -0.15) is 24.3 Å². The van der Waals surface area contributed by atoms with E-state index in [2.05, 4.69) is 140 Å². The summed E-state index contributed by atoms with van der Waals surface area (Å²) < 4.78 is 0. The van der Waals surface area contributed by atoms with Crippen LogP contribution in [0.25, 0.3) is 55.1 Å². The number of rotatable bonds is 3. The zero-order valence-corrected chi connectivity index (χ0v) is 26.8. The van der Waals surface area contributed by atoms with E-state index in [4.69, 9.17) is 0 Å². The van der Waals surface area contributed by atoms with Gasteiger partial charge in [0.1, 0.15) is 0 Å². The van der Waals surface area contributed by atoms with E-state index in [1.54, 1.807) is 0 Å². The Labute approximate surface area is 267 Å². The molecule has 0 saturated heterocycles. The van der Waals surface area contributed by atoms with Crippen molar-refractivity contribution in [1.29, 1.82) is 0 Å². The minimum absolute atomic E-state index is 0. The van der Waals surface area contributed by atoms with Gasteiger partial charge in [-0.05, 0) is 28.1 Å². The van der Waals surface area contributed by atoms with Gasteiger partial charge in [0, 0.05) is 6.20 Å². The van der Waals surface area contributed by atoms with Gasteiger partial charge in [0.15, 0.2) is 0 Å². The molecule has 2 nitrogen and oxygen atoms in total. The summed E-state index contributed by atoms with van der Waals surface area (Å²) in [5, 5.41) is 5.00. The van der Waals surface area contributed by atoms with Crippen LogP contribution >= 0.6 is 0 Å². The van der Waals surface area contributed by atoms with Crippen molar-refractivity contribution in [3.8, 4) is 33.5 Å². The molecular weight excluding hydrogens is 701 g/mol. The normalized spacial score (nSPS) is 11.0. The van der Waals surface area contributed by atoms with Crippen LogP contribution in [0.5, 0.6) is 0 Å². The number of pyridine rings is 2. The van der Waals surface area contributed by atoms with Crippen LogP contribution in [0.3, 0.4) is 0 Å². The van der Waals surface area contributed by atoms with E-state index in [1.807, 2.05) is 42.7 Å². The third kappa shape index (κ3) is 6.97. The van der Waals surface area contributed by atoms with Crippen molar-refractivity contribution in [2.75, 3.05) is 0 Å². The molecule has 0 unspecified atom stereocenters. The van der Waals surface area contributed by atoms with Crippen LogP contribution in [0, 0.1) is 18.3 Å². The summed E-state index contributed by atoms with van der Waals surface area (Å²) in [6.07, 6.45) is 6.80. The second-order valence-electron chi connectivity index (χ2n) is 11.3. The topological polar surface area (TPSA) is 25.8 Å². The molecular formula is C40H31IrN2. The van der Waals surface area contributed by atoms with E-state index in [0.29, 0.717) is 0 Å². The fourth-order valence-electron chi connectivity index (χ4n) is 4.99. The third-order valence-electron chi connectivity index (χ3n) is 7.37. The first-order valence-corrected chi connectivity index (χ1v) is 14.2. The average molecular weight is 732 g/mol. The second kappa shape index (κ2) is 13.3. The Morgan fingerprint density at radius 3 is 2.16 bits per heavy atom. The molecule has 0 saturated carbocycles. The fraction of sp³-hybridized carbons (Fsp3) is 0.100. The molecule has 0 aliphatic carbocycles. The minimum atomic E-state index is 0. The number of hydrogen-bond donors (Lipinski definition) is 0. The van der Waals surface area contributed by atoms with Crippen molar-refractivity contribution < 1.29 is 20.1 Å². The van der Waals surface area contributed by atoms with Crippen LogP contribution in [-0.2, 0) is 25.5 Å². The molecule has 2 aromatic heterocycles. The van der Waals surface area contributed by atoms with Gasteiger partial charge in [-0.1, -0.05) is 123 Å². The van der Waals surface area contributed by atoms with Crippen LogP contribution in [0.2, 0.25) is 0 Å². The van der Waals surface area contributed by atoms with Crippen LogP contribution in [0.15, 0.2) is 134 Å². The number of aromatic nitrogens is 2. The molecule has 210 valence electrons. The SMILES string of the molecule is CC(C)(C)c1cn[c-]c(-c2[c-]ccc(-c3ccccc3)c2)c1.[Ir+3].[c-]1cc2c(ccc3ccccc32)cc1-c1ccccn1. The maximum absolute atomic E-state index is 4.39. The zero-order chi connectivity index (χ0) is 28.9. The summed E-state index contributed by atoms with van der Waals surface area (Å²) >= 11 is 0. The van der Waals surface area contributed by atoms with Crippen LogP contribution in [-0.4, -0.2) is 9.97 Å². The van der Waals surface area contributed by atoms with Crippen LogP contribution in [0.1, 0.15) is 26.3 Å². The molecule has 0 aliphatic heterocycles. The molecule has 3 heteroatoms. The monoisotopic (exact) mass is 732 g/mol. The summed E-state index contributed by atoms with van der Waals surface area (Å²) in [6, 6.07) is 48.3. The Morgan fingerprint density at radius 1 is 0.605 bits per heavy atom. The largest absolute Gasteiger partial charge is 3.00 e. The van der Waals surface area contributed by atoms with E-state index in [-0.39, 0.29) is 25.5 Å². The number of fused-ring (bicyclic) bond motifs is 3. The molecule has 0 atom stereocenters. The number of nitrogens with zero attached hydrogens (tertiary/aromatic N) is 2. The second-order valence-corrected chi connectivity index (χ2v) is 11.3. The molecule has 0 fully saturated rings. The summed E-state index contributed by atoms with van der Waals surface area (Å²) in [5.41, 5.74) is 7.69. The Morgan fingerprint density at radius 2 is 1.37 bits per heavy atom. The standard InChI is InChI=1S/C21H19N.C19H12N.Ir/c1-21(2,3)20-13-19(14-22-15-20)18-11-7-10-17(12-18)16-8-5-4-6-9-16;1-2-6-17-14(5-1)8-9-15-13-16(10-11-18(15)17)19-7-3-4-12-20-19;/h4-10,12-13,15H,1-3H3;1-9,11-13H;/q-2;-1;+3. The smallest absolute Gasteiger partial charge is 0.370 e. The van der Waals surface area contributed by atoms with Crippen LogP contribution in [0.4, 0.5) is 0 Å². The molecule has 5 aromatic carbocycles. The van der Waals surface area contributed by atoms with Crippen LogP contribution < -0.4 is 0 Å². The quantitative estimate of drug-likeness (QED) is 0.134. The van der Waals surface area contributed by atoms with Gasteiger partial charge in [0.2, 0.25) is 0 Å². The number of hydrogen-bond acceptors (Lipinski definition) is 2. The predicted octanol–water partition coefficient (Wildman–Crippen LogP) is 10.2. The Bertz CT molecular complexity index is 1960. The van der Waals surface area contributed by atoms with E-state index < -0.39 is 0 Å². The molecule has 7 aromatic rings. The van der Waals surface area contributed by atoms with Crippen molar-refractivity contribution >= 4 is 21.5 Å². The van der Waals surface area contributed by atoms with Crippen molar-refractivity contribution in [3.63, 3.8) is 0 Å².